The third-order valence-electron chi connectivity index (χ3n) is 2.42. The highest BCUT2D eigenvalue weighted by Gasteiger charge is 2.13. The predicted molar refractivity (Wildman–Crippen MR) is 64.0 cm³/mol. The van der Waals surface area contributed by atoms with E-state index in [0.29, 0.717) is 10.9 Å². The van der Waals surface area contributed by atoms with Gasteiger partial charge < -0.3 is 10.1 Å². The van der Waals surface area contributed by atoms with Gasteiger partial charge >= 0.3 is 5.97 Å². The Labute approximate surface area is 99.0 Å². The molecule has 0 fully saturated rings. The Morgan fingerprint density at radius 1 is 1.44 bits per heavy atom. The number of benzene rings is 1. The maximum Gasteiger partial charge on any atom is 0.352 e. The van der Waals surface area contributed by atoms with E-state index in [9.17, 15) is 9.59 Å². The van der Waals surface area contributed by atoms with Crippen molar-refractivity contribution in [2.24, 2.45) is 0 Å². The van der Waals surface area contributed by atoms with Gasteiger partial charge in [0.2, 0.25) is 0 Å². The topological polar surface area (TPSA) is 70.2 Å². The lowest BCUT2D eigenvalue weighted by molar-refractivity contribution is 0.0690. The van der Waals surface area contributed by atoms with Crippen LogP contribution in [-0.2, 0) is 0 Å². The number of hydrogen-bond donors (Lipinski definition) is 2. The zero-order chi connectivity index (χ0) is 11.9. The van der Waals surface area contributed by atoms with E-state index in [0.717, 1.165) is 4.47 Å². The highest BCUT2D eigenvalue weighted by Crippen LogP contribution is 2.17. The molecule has 2 aromatic rings. The van der Waals surface area contributed by atoms with Crippen molar-refractivity contribution in [1.29, 1.82) is 0 Å². The molecule has 0 aliphatic carbocycles. The van der Waals surface area contributed by atoms with E-state index >= 15 is 0 Å². The molecule has 0 bridgehead atoms. The molecule has 1 aromatic carbocycles. The maximum absolute atomic E-state index is 11.9. The number of fused-ring (bicyclic) bond motifs is 1. The zero-order valence-electron chi connectivity index (χ0n) is 8.37. The van der Waals surface area contributed by atoms with Gasteiger partial charge in [-0.05, 0) is 25.1 Å². The SMILES string of the molecule is Cc1c(C(=O)O)[nH]c2cc(Br)ccc2c1=O. The van der Waals surface area contributed by atoms with Gasteiger partial charge in [-0.1, -0.05) is 15.9 Å². The Hall–Kier alpha value is -1.62. The monoisotopic (exact) mass is 281 g/mol. The molecule has 5 heteroatoms. The van der Waals surface area contributed by atoms with E-state index in [1.807, 2.05) is 0 Å². The predicted octanol–water partition coefficient (Wildman–Crippen LogP) is 2.30. The molecule has 2 N–H and O–H groups in total. The van der Waals surface area contributed by atoms with Crippen molar-refractivity contribution in [3.05, 3.63) is 44.2 Å². The first-order valence-electron chi connectivity index (χ1n) is 4.56. The molecule has 0 atom stereocenters. The highest BCUT2D eigenvalue weighted by atomic mass is 79.9. The van der Waals surface area contributed by atoms with Crippen molar-refractivity contribution in [1.82, 2.24) is 4.98 Å². The second-order valence-electron chi connectivity index (χ2n) is 3.45. The molecule has 1 heterocycles. The summed E-state index contributed by atoms with van der Waals surface area (Å²) in [5.41, 5.74) is 0.430. The van der Waals surface area contributed by atoms with Crippen molar-refractivity contribution in [2.45, 2.75) is 6.92 Å². The van der Waals surface area contributed by atoms with Crippen molar-refractivity contribution in [3.8, 4) is 0 Å². The Morgan fingerprint density at radius 2 is 2.12 bits per heavy atom. The fourth-order valence-corrected chi connectivity index (χ4v) is 1.94. The number of carboxylic acid groups (broad SMARTS) is 1. The largest absolute Gasteiger partial charge is 0.477 e. The standard InChI is InChI=1S/C11H8BrNO3/c1-5-9(11(15)16)13-8-4-6(12)2-3-7(8)10(5)14/h2-4H,1H3,(H,13,14)(H,15,16). The van der Waals surface area contributed by atoms with Crippen LogP contribution in [0.4, 0.5) is 0 Å². The van der Waals surface area contributed by atoms with Crippen LogP contribution in [0.5, 0.6) is 0 Å². The summed E-state index contributed by atoms with van der Waals surface area (Å²) in [7, 11) is 0. The molecule has 0 unspecified atom stereocenters. The van der Waals surface area contributed by atoms with E-state index in [2.05, 4.69) is 20.9 Å². The van der Waals surface area contributed by atoms with Gasteiger partial charge in [-0.15, -0.1) is 0 Å². The average molecular weight is 282 g/mol. The highest BCUT2D eigenvalue weighted by molar-refractivity contribution is 9.10. The third kappa shape index (κ3) is 1.63. The Morgan fingerprint density at radius 3 is 2.75 bits per heavy atom. The van der Waals surface area contributed by atoms with Gasteiger partial charge in [0, 0.05) is 15.4 Å². The summed E-state index contributed by atoms with van der Waals surface area (Å²) in [4.78, 5) is 25.5. The fourth-order valence-electron chi connectivity index (χ4n) is 1.58. The van der Waals surface area contributed by atoms with Crippen LogP contribution in [-0.4, -0.2) is 16.1 Å². The number of hydrogen-bond acceptors (Lipinski definition) is 2. The first kappa shape index (κ1) is 10.9. The Bertz CT molecular complexity index is 645. The van der Waals surface area contributed by atoms with Crippen molar-refractivity contribution >= 4 is 32.8 Å². The minimum absolute atomic E-state index is 0.0596. The molecule has 82 valence electrons. The minimum Gasteiger partial charge on any atom is -0.477 e. The number of pyridine rings is 1. The van der Waals surface area contributed by atoms with Crippen LogP contribution < -0.4 is 5.43 Å². The number of aromatic nitrogens is 1. The van der Waals surface area contributed by atoms with Crippen molar-refractivity contribution in [2.75, 3.05) is 0 Å². The fraction of sp³-hybridized carbons (Fsp3) is 0.0909. The summed E-state index contributed by atoms with van der Waals surface area (Å²) in [6.45, 7) is 1.50. The number of aromatic carboxylic acids is 1. The molecule has 0 radical (unpaired) electrons. The minimum atomic E-state index is -1.13. The van der Waals surface area contributed by atoms with Gasteiger partial charge in [0.15, 0.2) is 5.43 Å². The molecule has 4 nitrogen and oxygen atoms in total. The molecule has 0 spiro atoms. The molecular weight excluding hydrogens is 274 g/mol. The van der Waals surface area contributed by atoms with E-state index in [1.54, 1.807) is 18.2 Å². The lowest BCUT2D eigenvalue weighted by atomic mass is 10.1. The molecule has 0 amide bonds. The van der Waals surface area contributed by atoms with Crippen LogP contribution in [0, 0.1) is 6.92 Å². The third-order valence-corrected chi connectivity index (χ3v) is 2.91. The van der Waals surface area contributed by atoms with Gasteiger partial charge in [-0.3, -0.25) is 4.79 Å². The first-order chi connectivity index (χ1) is 7.50. The Kier molecular flexibility index (Phi) is 2.55. The molecule has 16 heavy (non-hydrogen) atoms. The molecule has 0 aliphatic heterocycles. The van der Waals surface area contributed by atoms with Gasteiger partial charge in [0.25, 0.3) is 0 Å². The smallest absolute Gasteiger partial charge is 0.352 e. The van der Waals surface area contributed by atoms with Crippen LogP contribution in [0.25, 0.3) is 10.9 Å². The second kappa shape index (κ2) is 3.75. The maximum atomic E-state index is 11.9. The van der Waals surface area contributed by atoms with E-state index in [1.165, 1.54) is 6.92 Å². The quantitative estimate of drug-likeness (QED) is 0.843. The summed E-state index contributed by atoms with van der Waals surface area (Å²) in [6.07, 6.45) is 0. The number of H-pyrrole nitrogens is 1. The number of carbonyl (C=O) groups is 1. The normalized spacial score (nSPS) is 10.6. The van der Waals surface area contributed by atoms with E-state index in [-0.39, 0.29) is 16.7 Å². The van der Waals surface area contributed by atoms with Crippen LogP contribution in [0.15, 0.2) is 27.5 Å². The molecular formula is C11H8BrNO3. The number of nitrogens with one attached hydrogen (secondary N) is 1. The molecule has 0 saturated heterocycles. The zero-order valence-corrected chi connectivity index (χ0v) is 9.96. The average Bonchev–Trinajstić information content (AvgIpc) is 2.22. The molecule has 0 saturated carbocycles. The molecule has 1 aromatic heterocycles. The summed E-state index contributed by atoms with van der Waals surface area (Å²) in [5, 5.41) is 9.43. The van der Waals surface area contributed by atoms with Gasteiger partial charge in [-0.2, -0.15) is 0 Å². The van der Waals surface area contributed by atoms with Gasteiger partial charge in [0.1, 0.15) is 5.69 Å². The number of aromatic amines is 1. The number of carboxylic acids is 1. The van der Waals surface area contributed by atoms with Gasteiger partial charge in [-0.25, -0.2) is 4.79 Å². The lowest BCUT2D eigenvalue weighted by Gasteiger charge is -2.04. The van der Waals surface area contributed by atoms with Crippen LogP contribution in [0.2, 0.25) is 0 Å². The molecule has 2 rings (SSSR count). The summed E-state index contributed by atoms with van der Waals surface area (Å²) < 4.78 is 0.788. The summed E-state index contributed by atoms with van der Waals surface area (Å²) in [6, 6.07) is 5.09. The van der Waals surface area contributed by atoms with E-state index < -0.39 is 5.97 Å². The van der Waals surface area contributed by atoms with Crippen molar-refractivity contribution < 1.29 is 9.90 Å². The van der Waals surface area contributed by atoms with Gasteiger partial charge in [0.05, 0.1) is 5.52 Å². The summed E-state index contributed by atoms with van der Waals surface area (Å²) >= 11 is 3.27. The second-order valence-corrected chi connectivity index (χ2v) is 4.36. The number of halogens is 1. The Balaban J connectivity index is 2.94. The van der Waals surface area contributed by atoms with E-state index in [4.69, 9.17) is 5.11 Å². The molecule has 0 aliphatic rings. The number of rotatable bonds is 1. The first-order valence-corrected chi connectivity index (χ1v) is 5.35. The summed E-state index contributed by atoms with van der Waals surface area (Å²) in [5.74, 6) is -1.13. The van der Waals surface area contributed by atoms with Crippen LogP contribution in [0.1, 0.15) is 16.1 Å². The van der Waals surface area contributed by atoms with Crippen molar-refractivity contribution in [3.63, 3.8) is 0 Å². The lowest BCUT2D eigenvalue weighted by Crippen LogP contribution is -2.15. The van der Waals surface area contributed by atoms with Crippen LogP contribution >= 0.6 is 15.9 Å². The van der Waals surface area contributed by atoms with Crippen LogP contribution in [0.3, 0.4) is 0 Å².